The first-order chi connectivity index (χ1) is 9.54. The Kier molecular flexibility index (Phi) is 5.06. The average molecular weight is 291 g/mol. The third-order valence-corrected chi connectivity index (χ3v) is 4.13. The first kappa shape index (κ1) is 14.9. The molecule has 0 radical (unpaired) electrons. The van der Waals surface area contributed by atoms with E-state index in [-0.39, 0.29) is 0 Å². The minimum Gasteiger partial charge on any atom is -0.399 e. The van der Waals surface area contributed by atoms with Crippen LogP contribution in [0.3, 0.4) is 0 Å². The fourth-order valence-electron chi connectivity index (χ4n) is 1.88. The van der Waals surface area contributed by atoms with Crippen LogP contribution in [-0.4, -0.2) is 15.4 Å². The summed E-state index contributed by atoms with van der Waals surface area (Å²) in [4.78, 5) is 4.44. The third-order valence-electron chi connectivity index (χ3n) is 3.04. The van der Waals surface area contributed by atoms with Crippen molar-refractivity contribution in [2.75, 3.05) is 5.73 Å². The summed E-state index contributed by atoms with van der Waals surface area (Å²) >= 11 is 1.82. The number of aromatic nitrogens is 2. The monoisotopic (exact) mass is 291 g/mol. The van der Waals surface area contributed by atoms with Crippen molar-refractivity contribution in [3.8, 4) is 0 Å². The molecule has 0 saturated carbocycles. The molecule has 2 aromatic rings. The zero-order valence-electron chi connectivity index (χ0n) is 12.2. The van der Waals surface area contributed by atoms with Crippen LogP contribution in [0.15, 0.2) is 28.8 Å². The molecule has 20 heavy (non-hydrogen) atoms. The van der Waals surface area contributed by atoms with Crippen LogP contribution in [-0.2, 0) is 12.2 Å². The summed E-state index contributed by atoms with van der Waals surface area (Å²) in [6.07, 6.45) is 0.753. The molecular formula is C15H21N3OS. The molecule has 0 aliphatic rings. The summed E-state index contributed by atoms with van der Waals surface area (Å²) in [5, 5.41) is 4.60. The van der Waals surface area contributed by atoms with Crippen molar-refractivity contribution < 1.29 is 4.52 Å². The minimum absolute atomic E-state index is 0.335. The molecule has 0 spiro atoms. The van der Waals surface area contributed by atoms with Crippen LogP contribution in [0, 0.1) is 0 Å². The lowest BCUT2D eigenvalue weighted by molar-refractivity contribution is 0.368. The van der Waals surface area contributed by atoms with E-state index >= 15 is 0 Å². The normalized spacial score (nSPS) is 12.8. The largest absolute Gasteiger partial charge is 0.399 e. The number of nitrogens with two attached hydrogens (primary N) is 1. The van der Waals surface area contributed by atoms with Gasteiger partial charge >= 0.3 is 0 Å². The summed E-state index contributed by atoms with van der Waals surface area (Å²) in [6.45, 7) is 6.47. The van der Waals surface area contributed by atoms with Crippen LogP contribution in [0.5, 0.6) is 0 Å². The molecule has 0 fully saturated rings. The number of hydrogen-bond acceptors (Lipinski definition) is 5. The fraction of sp³-hybridized carbons (Fsp3) is 0.467. The molecule has 0 aliphatic heterocycles. The first-order valence-electron chi connectivity index (χ1n) is 6.83. The zero-order valence-corrected chi connectivity index (χ0v) is 13.0. The SMILES string of the molecule is CC(C)SCc1noc(CC(C)c2ccc(N)cc2)n1. The van der Waals surface area contributed by atoms with Crippen molar-refractivity contribution in [1.82, 2.24) is 10.1 Å². The van der Waals surface area contributed by atoms with Gasteiger partial charge in [0.1, 0.15) is 0 Å². The Hall–Kier alpha value is -1.49. The number of hydrogen-bond donors (Lipinski definition) is 1. The van der Waals surface area contributed by atoms with Gasteiger partial charge in [-0.3, -0.25) is 0 Å². The molecule has 1 aromatic heterocycles. The van der Waals surface area contributed by atoms with Gasteiger partial charge in [0.15, 0.2) is 5.82 Å². The van der Waals surface area contributed by atoms with E-state index in [0.29, 0.717) is 17.1 Å². The number of thioether (sulfide) groups is 1. The van der Waals surface area contributed by atoms with Gasteiger partial charge in [-0.1, -0.05) is 38.1 Å². The van der Waals surface area contributed by atoms with Crippen molar-refractivity contribution >= 4 is 17.4 Å². The van der Waals surface area contributed by atoms with E-state index in [1.54, 1.807) is 0 Å². The second-order valence-corrected chi connectivity index (χ2v) is 6.80. The summed E-state index contributed by atoms with van der Waals surface area (Å²) in [5.41, 5.74) is 7.71. The Bertz CT molecular complexity index is 536. The second kappa shape index (κ2) is 6.79. The summed E-state index contributed by atoms with van der Waals surface area (Å²) in [5.74, 6) is 2.62. The predicted octanol–water partition coefficient (Wildman–Crippen LogP) is 3.64. The van der Waals surface area contributed by atoms with Crippen LogP contribution in [0.1, 0.15) is 44.0 Å². The minimum atomic E-state index is 0.335. The Balaban J connectivity index is 1.94. The van der Waals surface area contributed by atoms with E-state index < -0.39 is 0 Å². The highest BCUT2D eigenvalue weighted by atomic mass is 32.2. The maximum atomic E-state index is 5.70. The Morgan fingerprint density at radius 3 is 2.55 bits per heavy atom. The van der Waals surface area contributed by atoms with Gasteiger partial charge in [0.05, 0.1) is 5.75 Å². The Morgan fingerprint density at radius 1 is 1.20 bits per heavy atom. The number of benzene rings is 1. The molecule has 1 atom stereocenters. The second-order valence-electron chi connectivity index (χ2n) is 5.24. The highest BCUT2D eigenvalue weighted by Crippen LogP contribution is 2.21. The smallest absolute Gasteiger partial charge is 0.227 e. The van der Waals surface area contributed by atoms with Gasteiger partial charge in [-0.15, -0.1) is 0 Å². The van der Waals surface area contributed by atoms with Crippen molar-refractivity contribution in [1.29, 1.82) is 0 Å². The summed E-state index contributed by atoms with van der Waals surface area (Å²) in [7, 11) is 0. The highest BCUT2D eigenvalue weighted by molar-refractivity contribution is 7.99. The number of nitrogen functional groups attached to an aromatic ring is 1. The van der Waals surface area contributed by atoms with Crippen molar-refractivity contribution in [2.45, 2.75) is 44.1 Å². The zero-order chi connectivity index (χ0) is 14.5. The average Bonchev–Trinajstić information content (AvgIpc) is 2.84. The molecule has 0 saturated heterocycles. The van der Waals surface area contributed by atoms with Crippen LogP contribution >= 0.6 is 11.8 Å². The van der Waals surface area contributed by atoms with Gasteiger partial charge in [0.2, 0.25) is 5.89 Å². The molecule has 1 unspecified atom stereocenters. The van der Waals surface area contributed by atoms with Gasteiger partial charge in [-0.05, 0) is 28.9 Å². The molecule has 0 bridgehead atoms. The van der Waals surface area contributed by atoms with Crippen LogP contribution < -0.4 is 5.73 Å². The van der Waals surface area contributed by atoms with Gasteiger partial charge in [0.25, 0.3) is 0 Å². The molecular weight excluding hydrogens is 270 g/mol. The number of anilines is 1. The molecule has 2 rings (SSSR count). The van der Waals surface area contributed by atoms with Gasteiger partial charge in [-0.2, -0.15) is 16.7 Å². The van der Waals surface area contributed by atoms with Crippen molar-refractivity contribution in [3.63, 3.8) is 0 Å². The van der Waals surface area contributed by atoms with Crippen molar-refractivity contribution in [2.24, 2.45) is 0 Å². The van der Waals surface area contributed by atoms with Gasteiger partial charge in [0, 0.05) is 12.1 Å². The molecule has 1 aromatic carbocycles. The molecule has 4 nitrogen and oxygen atoms in total. The standard InChI is InChI=1S/C15H21N3OS/c1-10(2)20-9-14-17-15(19-18-14)8-11(3)12-4-6-13(16)7-5-12/h4-7,10-11H,8-9,16H2,1-3H3. The lowest BCUT2D eigenvalue weighted by atomic mass is 9.98. The Morgan fingerprint density at radius 2 is 1.90 bits per heavy atom. The Labute approximate surface area is 124 Å². The lowest BCUT2D eigenvalue weighted by Gasteiger charge is -2.09. The topological polar surface area (TPSA) is 64.9 Å². The molecule has 5 heteroatoms. The quantitative estimate of drug-likeness (QED) is 0.823. The maximum absolute atomic E-state index is 5.70. The predicted molar refractivity (Wildman–Crippen MR) is 83.7 cm³/mol. The molecule has 0 aliphatic carbocycles. The highest BCUT2D eigenvalue weighted by Gasteiger charge is 2.13. The number of nitrogens with zero attached hydrogens (tertiary/aromatic N) is 2. The van der Waals surface area contributed by atoms with E-state index in [9.17, 15) is 0 Å². The van der Waals surface area contributed by atoms with E-state index in [0.717, 1.165) is 23.7 Å². The molecule has 0 amide bonds. The van der Waals surface area contributed by atoms with E-state index in [4.69, 9.17) is 10.3 Å². The van der Waals surface area contributed by atoms with Crippen LogP contribution in [0.4, 0.5) is 5.69 Å². The molecule has 108 valence electrons. The van der Waals surface area contributed by atoms with Gasteiger partial charge in [-0.25, -0.2) is 0 Å². The lowest BCUT2D eigenvalue weighted by Crippen LogP contribution is -1.99. The third kappa shape index (κ3) is 4.27. The number of rotatable bonds is 6. The summed E-state index contributed by atoms with van der Waals surface area (Å²) in [6, 6.07) is 7.94. The van der Waals surface area contributed by atoms with Gasteiger partial charge < -0.3 is 10.3 Å². The first-order valence-corrected chi connectivity index (χ1v) is 7.88. The van der Waals surface area contributed by atoms with E-state index in [1.807, 2.05) is 36.0 Å². The van der Waals surface area contributed by atoms with Crippen LogP contribution in [0.25, 0.3) is 0 Å². The molecule has 2 N–H and O–H groups in total. The maximum Gasteiger partial charge on any atom is 0.227 e. The fourth-order valence-corrected chi connectivity index (χ4v) is 2.48. The molecule has 1 heterocycles. The van der Waals surface area contributed by atoms with Crippen molar-refractivity contribution in [3.05, 3.63) is 41.5 Å². The summed E-state index contributed by atoms with van der Waals surface area (Å²) < 4.78 is 5.31. The van der Waals surface area contributed by atoms with Crippen LogP contribution in [0.2, 0.25) is 0 Å². The van der Waals surface area contributed by atoms with E-state index in [2.05, 4.69) is 30.9 Å². The van der Waals surface area contributed by atoms with E-state index in [1.165, 1.54) is 5.56 Å².